The number of hydrogen-bond donors (Lipinski definition) is 2. The van der Waals surface area contributed by atoms with Crippen molar-refractivity contribution in [1.82, 2.24) is 0 Å². The summed E-state index contributed by atoms with van der Waals surface area (Å²) in [7, 11) is -2.56. The number of amides is 1. The van der Waals surface area contributed by atoms with Crippen molar-refractivity contribution in [1.29, 1.82) is 0 Å². The second-order valence-electron chi connectivity index (χ2n) is 5.36. The van der Waals surface area contributed by atoms with Crippen molar-refractivity contribution in [3.8, 4) is 5.75 Å². The van der Waals surface area contributed by atoms with Crippen LogP contribution in [0.4, 0.5) is 5.69 Å². The molecule has 1 rings (SSSR count). The molecule has 0 spiro atoms. The fraction of sp³-hybridized carbons (Fsp3) is 0.462. The Morgan fingerprint density at radius 3 is 2.43 bits per heavy atom. The number of primary sulfonamides is 1. The molecule has 3 N–H and O–H groups in total. The van der Waals surface area contributed by atoms with Crippen molar-refractivity contribution in [2.75, 3.05) is 19.0 Å². The average molecular weight is 316 g/mol. The molecule has 0 aliphatic rings. The van der Waals surface area contributed by atoms with Crippen molar-refractivity contribution in [3.05, 3.63) is 18.2 Å². The van der Waals surface area contributed by atoms with Crippen molar-refractivity contribution < 1.29 is 22.7 Å². The standard InChI is InChI=1S/C13H20N2O5S/c1-13(2,3)20-8-12(16)15-9-5-6-11(21(14,17)18)10(7-9)19-4/h5-7H,8H2,1-4H3,(H,15,16)(H2,14,17,18). The van der Waals surface area contributed by atoms with Crippen LogP contribution in [0.5, 0.6) is 5.75 Å². The Labute approximate surface area is 124 Å². The van der Waals surface area contributed by atoms with E-state index in [0.29, 0.717) is 5.69 Å². The molecule has 0 saturated heterocycles. The summed E-state index contributed by atoms with van der Waals surface area (Å²) in [6.45, 7) is 5.40. The maximum Gasteiger partial charge on any atom is 0.250 e. The number of rotatable bonds is 5. The van der Waals surface area contributed by atoms with Gasteiger partial charge in [0.25, 0.3) is 0 Å². The normalized spacial score (nSPS) is 12.0. The summed E-state index contributed by atoms with van der Waals surface area (Å²) in [4.78, 5) is 11.6. The number of ether oxygens (including phenoxy) is 2. The molecule has 0 bridgehead atoms. The van der Waals surface area contributed by atoms with Crippen LogP contribution in [0.3, 0.4) is 0 Å². The molecule has 1 aromatic carbocycles. The Bertz CT molecular complexity index is 620. The smallest absolute Gasteiger partial charge is 0.250 e. The lowest BCUT2D eigenvalue weighted by Crippen LogP contribution is -2.27. The predicted octanol–water partition coefficient (Wildman–Crippen LogP) is 1.10. The molecule has 7 nitrogen and oxygen atoms in total. The van der Waals surface area contributed by atoms with Gasteiger partial charge in [-0.1, -0.05) is 0 Å². The Hall–Kier alpha value is -1.64. The maximum atomic E-state index is 11.7. The minimum absolute atomic E-state index is 0.0621. The van der Waals surface area contributed by atoms with E-state index in [1.54, 1.807) is 0 Å². The van der Waals surface area contributed by atoms with E-state index in [1.807, 2.05) is 20.8 Å². The molecule has 1 amide bonds. The molecule has 8 heteroatoms. The van der Waals surface area contributed by atoms with Gasteiger partial charge in [0.15, 0.2) is 0 Å². The highest BCUT2D eigenvalue weighted by Crippen LogP contribution is 2.26. The van der Waals surface area contributed by atoms with E-state index in [4.69, 9.17) is 14.6 Å². The number of methoxy groups -OCH3 is 1. The number of carbonyl (C=O) groups is 1. The summed E-state index contributed by atoms with van der Waals surface area (Å²) in [5.41, 5.74) is -0.0336. The fourth-order valence-corrected chi connectivity index (χ4v) is 2.14. The number of benzene rings is 1. The number of anilines is 1. The van der Waals surface area contributed by atoms with Gasteiger partial charge in [0, 0.05) is 11.8 Å². The van der Waals surface area contributed by atoms with Gasteiger partial charge in [0.1, 0.15) is 17.3 Å². The minimum Gasteiger partial charge on any atom is -0.495 e. The monoisotopic (exact) mass is 316 g/mol. The molecule has 0 radical (unpaired) electrons. The third-order valence-corrected chi connectivity index (χ3v) is 3.34. The zero-order valence-corrected chi connectivity index (χ0v) is 13.3. The molecule has 21 heavy (non-hydrogen) atoms. The van der Waals surface area contributed by atoms with Crippen molar-refractivity contribution in [2.24, 2.45) is 5.14 Å². The molecular weight excluding hydrogens is 296 g/mol. The van der Waals surface area contributed by atoms with E-state index in [0.717, 1.165) is 0 Å². The van der Waals surface area contributed by atoms with Crippen molar-refractivity contribution in [3.63, 3.8) is 0 Å². The van der Waals surface area contributed by atoms with Crippen LogP contribution in [0.2, 0.25) is 0 Å². The van der Waals surface area contributed by atoms with Crippen LogP contribution in [-0.2, 0) is 19.6 Å². The molecule has 0 aliphatic carbocycles. The van der Waals surface area contributed by atoms with E-state index < -0.39 is 15.6 Å². The number of carbonyl (C=O) groups excluding carboxylic acids is 1. The SMILES string of the molecule is COc1cc(NC(=O)COC(C)(C)C)ccc1S(N)(=O)=O. The highest BCUT2D eigenvalue weighted by Gasteiger charge is 2.17. The number of sulfonamides is 1. The molecule has 0 heterocycles. The molecule has 0 saturated carbocycles. The highest BCUT2D eigenvalue weighted by atomic mass is 32.2. The molecule has 0 fully saturated rings. The fourth-order valence-electron chi connectivity index (χ4n) is 1.46. The second-order valence-corrected chi connectivity index (χ2v) is 6.89. The van der Waals surface area contributed by atoms with E-state index >= 15 is 0 Å². The van der Waals surface area contributed by atoms with Crippen molar-refractivity contribution >= 4 is 21.6 Å². The predicted molar refractivity (Wildman–Crippen MR) is 78.7 cm³/mol. The zero-order chi connectivity index (χ0) is 16.3. The van der Waals surface area contributed by atoms with Crippen LogP contribution in [0.15, 0.2) is 23.1 Å². The zero-order valence-electron chi connectivity index (χ0n) is 12.5. The minimum atomic E-state index is -3.88. The van der Waals surface area contributed by atoms with Crippen LogP contribution >= 0.6 is 0 Å². The number of hydrogen-bond acceptors (Lipinski definition) is 5. The van der Waals surface area contributed by atoms with Gasteiger partial charge in [0.2, 0.25) is 15.9 Å². The van der Waals surface area contributed by atoms with Gasteiger partial charge < -0.3 is 14.8 Å². The maximum absolute atomic E-state index is 11.7. The Balaban J connectivity index is 2.84. The van der Waals surface area contributed by atoms with Gasteiger partial charge in [-0.05, 0) is 32.9 Å². The van der Waals surface area contributed by atoms with Crippen molar-refractivity contribution in [2.45, 2.75) is 31.3 Å². The Morgan fingerprint density at radius 1 is 1.33 bits per heavy atom. The van der Waals surface area contributed by atoms with Gasteiger partial charge in [-0.3, -0.25) is 4.79 Å². The summed E-state index contributed by atoms with van der Waals surface area (Å²) >= 11 is 0. The van der Waals surface area contributed by atoms with Crippen LogP contribution in [-0.4, -0.2) is 33.6 Å². The summed E-state index contributed by atoms with van der Waals surface area (Å²) in [6, 6.07) is 4.08. The summed E-state index contributed by atoms with van der Waals surface area (Å²) in [5, 5.41) is 7.65. The van der Waals surface area contributed by atoms with Crippen LogP contribution < -0.4 is 15.2 Å². The van der Waals surface area contributed by atoms with Gasteiger partial charge in [-0.15, -0.1) is 0 Å². The van der Waals surface area contributed by atoms with Crippen LogP contribution in [0.1, 0.15) is 20.8 Å². The summed E-state index contributed by atoms with van der Waals surface area (Å²) < 4.78 is 33.0. The van der Waals surface area contributed by atoms with E-state index in [2.05, 4.69) is 5.32 Å². The van der Waals surface area contributed by atoms with E-state index in [1.165, 1.54) is 25.3 Å². The average Bonchev–Trinajstić information content (AvgIpc) is 2.34. The third kappa shape index (κ3) is 5.70. The lowest BCUT2D eigenvalue weighted by atomic mass is 10.2. The number of nitrogens with one attached hydrogen (secondary N) is 1. The summed E-state index contributed by atoms with van der Waals surface area (Å²) in [5.74, 6) is -0.289. The topological polar surface area (TPSA) is 108 Å². The van der Waals surface area contributed by atoms with Gasteiger partial charge in [-0.2, -0.15) is 0 Å². The molecule has 0 unspecified atom stereocenters. The summed E-state index contributed by atoms with van der Waals surface area (Å²) in [6.07, 6.45) is 0. The molecule has 118 valence electrons. The highest BCUT2D eigenvalue weighted by molar-refractivity contribution is 7.89. The Kier molecular flexibility index (Phi) is 5.32. The first-order chi connectivity index (χ1) is 9.53. The quantitative estimate of drug-likeness (QED) is 0.845. The Morgan fingerprint density at radius 2 is 1.95 bits per heavy atom. The first-order valence-electron chi connectivity index (χ1n) is 6.17. The van der Waals surface area contributed by atoms with Gasteiger partial charge in [0.05, 0.1) is 12.7 Å². The first kappa shape index (κ1) is 17.4. The third-order valence-electron chi connectivity index (χ3n) is 2.39. The van der Waals surface area contributed by atoms with Crippen LogP contribution in [0, 0.1) is 0 Å². The second kappa shape index (κ2) is 6.42. The van der Waals surface area contributed by atoms with E-state index in [-0.39, 0.29) is 23.2 Å². The van der Waals surface area contributed by atoms with Crippen LogP contribution in [0.25, 0.3) is 0 Å². The largest absolute Gasteiger partial charge is 0.495 e. The lowest BCUT2D eigenvalue weighted by molar-refractivity contribution is -0.125. The first-order valence-corrected chi connectivity index (χ1v) is 7.72. The molecule has 0 aliphatic heterocycles. The molecule has 0 atom stereocenters. The van der Waals surface area contributed by atoms with Gasteiger partial charge >= 0.3 is 0 Å². The molecular formula is C13H20N2O5S. The molecule has 1 aromatic rings. The molecule has 0 aromatic heterocycles. The van der Waals surface area contributed by atoms with Gasteiger partial charge in [-0.25, -0.2) is 13.6 Å². The number of nitrogens with two attached hydrogens (primary N) is 1. The van der Waals surface area contributed by atoms with E-state index in [9.17, 15) is 13.2 Å². The lowest BCUT2D eigenvalue weighted by Gasteiger charge is -2.19.